The van der Waals surface area contributed by atoms with Crippen molar-refractivity contribution in [2.24, 2.45) is 5.41 Å². The Kier molecular flexibility index (Phi) is 5.82. The summed E-state index contributed by atoms with van der Waals surface area (Å²) in [5.41, 5.74) is -0.110. The Morgan fingerprint density at radius 1 is 1.43 bits per heavy atom. The summed E-state index contributed by atoms with van der Waals surface area (Å²) in [5, 5.41) is 16.1. The number of aliphatic hydroxyl groups is 1. The number of rotatable bonds is 8. The number of carbonyl (C=O) groups is 1. The van der Waals surface area contributed by atoms with Crippen LogP contribution in [0.3, 0.4) is 0 Å². The third-order valence-corrected chi connectivity index (χ3v) is 3.62. The molecule has 0 saturated heterocycles. The fraction of sp³-hybridized carbons (Fsp3) is 0.812. The quantitative estimate of drug-likeness (QED) is 0.595. The Bertz CT molecular complexity index is 383. The molecule has 1 amide bonds. The molecule has 1 aliphatic rings. The van der Waals surface area contributed by atoms with Gasteiger partial charge in [0.05, 0.1) is 24.3 Å². The van der Waals surface area contributed by atoms with E-state index in [1.807, 2.05) is 0 Å². The maximum absolute atomic E-state index is 11.0. The Morgan fingerprint density at radius 3 is 2.43 bits per heavy atom. The van der Waals surface area contributed by atoms with E-state index in [-0.39, 0.29) is 22.9 Å². The smallest absolute Gasteiger partial charge is 0.217 e. The lowest BCUT2D eigenvalue weighted by atomic mass is 9.98. The van der Waals surface area contributed by atoms with Gasteiger partial charge in [0.2, 0.25) is 5.91 Å². The predicted octanol–water partition coefficient (Wildman–Crippen LogP) is 1.57. The molecule has 21 heavy (non-hydrogen) atoms. The van der Waals surface area contributed by atoms with Crippen molar-refractivity contribution in [3.05, 3.63) is 12.3 Å². The molecule has 5 nitrogen and oxygen atoms in total. The number of amides is 1. The van der Waals surface area contributed by atoms with E-state index < -0.39 is 6.10 Å². The molecule has 1 rings (SSSR count). The topological polar surface area (TPSA) is 70.6 Å². The Labute approximate surface area is 128 Å². The lowest BCUT2D eigenvalue weighted by molar-refractivity contribution is -0.120. The van der Waals surface area contributed by atoms with Crippen LogP contribution in [-0.2, 0) is 9.53 Å². The van der Waals surface area contributed by atoms with Gasteiger partial charge in [-0.05, 0) is 25.2 Å². The molecule has 0 aliphatic heterocycles. The SMILES string of the molecule is C=C(OCC(C)(C)C)C1(NCC(O)C(C)NC(C)=O)CC1. The van der Waals surface area contributed by atoms with Gasteiger partial charge >= 0.3 is 0 Å². The maximum Gasteiger partial charge on any atom is 0.217 e. The predicted molar refractivity (Wildman–Crippen MR) is 83.8 cm³/mol. The molecule has 2 unspecified atom stereocenters. The summed E-state index contributed by atoms with van der Waals surface area (Å²) < 4.78 is 5.78. The largest absolute Gasteiger partial charge is 0.496 e. The van der Waals surface area contributed by atoms with E-state index in [1.54, 1.807) is 6.92 Å². The van der Waals surface area contributed by atoms with Gasteiger partial charge in [0, 0.05) is 13.5 Å². The van der Waals surface area contributed by atoms with Gasteiger partial charge in [-0.15, -0.1) is 0 Å². The Hall–Kier alpha value is -1.07. The van der Waals surface area contributed by atoms with Gasteiger partial charge in [-0.25, -0.2) is 0 Å². The third-order valence-electron chi connectivity index (χ3n) is 3.62. The van der Waals surface area contributed by atoms with Crippen molar-refractivity contribution >= 4 is 5.91 Å². The van der Waals surface area contributed by atoms with Crippen LogP contribution in [0.15, 0.2) is 12.3 Å². The lowest BCUT2D eigenvalue weighted by Gasteiger charge is -2.27. The van der Waals surface area contributed by atoms with Crippen molar-refractivity contribution in [2.45, 2.75) is 65.1 Å². The zero-order chi connectivity index (χ0) is 16.3. The highest BCUT2D eigenvalue weighted by atomic mass is 16.5. The van der Waals surface area contributed by atoms with Gasteiger partial charge in [-0.1, -0.05) is 27.4 Å². The second-order valence-corrected chi connectivity index (χ2v) is 7.29. The third kappa shape index (κ3) is 6.06. The van der Waals surface area contributed by atoms with Crippen LogP contribution in [-0.4, -0.2) is 41.9 Å². The van der Waals surface area contributed by atoms with Gasteiger partial charge in [0.1, 0.15) is 5.76 Å². The van der Waals surface area contributed by atoms with Gasteiger partial charge in [-0.2, -0.15) is 0 Å². The van der Waals surface area contributed by atoms with Crippen LogP contribution in [0.1, 0.15) is 47.5 Å². The molecule has 1 saturated carbocycles. The average Bonchev–Trinajstić information content (AvgIpc) is 3.12. The first-order valence-corrected chi connectivity index (χ1v) is 7.58. The van der Waals surface area contributed by atoms with Gasteiger partial charge in [0.25, 0.3) is 0 Å². The molecule has 1 fully saturated rings. The highest BCUT2D eigenvalue weighted by Gasteiger charge is 2.47. The molecule has 0 spiro atoms. The van der Waals surface area contributed by atoms with Crippen LogP contribution < -0.4 is 10.6 Å². The summed E-state index contributed by atoms with van der Waals surface area (Å²) in [6.07, 6.45) is 1.30. The number of nitrogens with one attached hydrogen (secondary N) is 2. The second kappa shape index (κ2) is 6.79. The van der Waals surface area contributed by atoms with E-state index in [4.69, 9.17) is 4.74 Å². The van der Waals surface area contributed by atoms with E-state index in [2.05, 4.69) is 38.0 Å². The summed E-state index contributed by atoms with van der Waals surface area (Å²) in [6, 6.07) is -0.283. The first kappa shape index (κ1) is 18.0. The second-order valence-electron chi connectivity index (χ2n) is 7.29. The Balaban J connectivity index is 2.40. The summed E-state index contributed by atoms with van der Waals surface area (Å²) in [5.74, 6) is 0.609. The van der Waals surface area contributed by atoms with Crippen molar-refractivity contribution in [1.82, 2.24) is 10.6 Å². The summed E-state index contributed by atoms with van der Waals surface area (Å²) in [6.45, 7) is 14.6. The fourth-order valence-corrected chi connectivity index (χ4v) is 2.01. The van der Waals surface area contributed by atoms with Crippen LogP contribution in [0.2, 0.25) is 0 Å². The van der Waals surface area contributed by atoms with E-state index in [9.17, 15) is 9.90 Å². The van der Waals surface area contributed by atoms with E-state index >= 15 is 0 Å². The normalized spacial score (nSPS) is 19.5. The molecule has 0 aromatic rings. The zero-order valence-corrected chi connectivity index (χ0v) is 14.0. The molecule has 3 N–H and O–H groups in total. The molecule has 0 heterocycles. The van der Waals surface area contributed by atoms with E-state index in [0.29, 0.717) is 13.2 Å². The van der Waals surface area contributed by atoms with Crippen molar-refractivity contribution in [1.29, 1.82) is 0 Å². The van der Waals surface area contributed by atoms with Crippen LogP contribution in [0.4, 0.5) is 0 Å². The van der Waals surface area contributed by atoms with E-state index in [1.165, 1.54) is 6.92 Å². The molecule has 0 radical (unpaired) electrons. The summed E-state index contributed by atoms with van der Waals surface area (Å²) >= 11 is 0. The standard InChI is InChI=1S/C16H30N2O3/c1-11(18-13(3)19)14(20)9-17-16(7-8-16)12(2)21-10-15(4,5)6/h11,14,17,20H,2,7-10H2,1,3-6H3,(H,18,19). The minimum Gasteiger partial charge on any atom is -0.496 e. The average molecular weight is 298 g/mol. The molecular weight excluding hydrogens is 268 g/mol. The fourth-order valence-electron chi connectivity index (χ4n) is 2.01. The molecule has 2 atom stereocenters. The van der Waals surface area contributed by atoms with Crippen molar-refractivity contribution < 1.29 is 14.6 Å². The number of hydrogen-bond acceptors (Lipinski definition) is 4. The number of carbonyl (C=O) groups excluding carboxylic acids is 1. The van der Waals surface area contributed by atoms with E-state index in [0.717, 1.165) is 18.6 Å². The lowest BCUT2D eigenvalue weighted by Crippen LogP contribution is -2.48. The van der Waals surface area contributed by atoms with Crippen LogP contribution in [0.5, 0.6) is 0 Å². The molecule has 0 bridgehead atoms. The van der Waals surface area contributed by atoms with Crippen LogP contribution >= 0.6 is 0 Å². The number of hydrogen-bond donors (Lipinski definition) is 3. The highest BCUT2D eigenvalue weighted by Crippen LogP contribution is 2.42. The molecule has 122 valence electrons. The van der Waals surface area contributed by atoms with Gasteiger partial charge in [-0.3, -0.25) is 4.79 Å². The summed E-state index contributed by atoms with van der Waals surface area (Å²) in [7, 11) is 0. The van der Waals surface area contributed by atoms with Crippen molar-refractivity contribution in [2.75, 3.05) is 13.2 Å². The minimum atomic E-state index is -0.637. The molecule has 5 heteroatoms. The van der Waals surface area contributed by atoms with Crippen LogP contribution in [0, 0.1) is 5.41 Å². The molecule has 0 aromatic carbocycles. The number of ether oxygens (including phenoxy) is 1. The van der Waals surface area contributed by atoms with Gasteiger partial charge < -0.3 is 20.5 Å². The zero-order valence-electron chi connectivity index (χ0n) is 14.0. The maximum atomic E-state index is 11.0. The molecule has 1 aliphatic carbocycles. The Morgan fingerprint density at radius 2 is 2.00 bits per heavy atom. The minimum absolute atomic E-state index is 0.0957. The molecule has 0 aromatic heterocycles. The number of β-amino-alcohol motifs (C(OH)–C–C–N with tert-alkyl or cyclic N) is 1. The van der Waals surface area contributed by atoms with Gasteiger partial charge in [0.15, 0.2) is 0 Å². The first-order chi connectivity index (χ1) is 9.56. The monoisotopic (exact) mass is 298 g/mol. The molecular formula is C16H30N2O3. The first-order valence-electron chi connectivity index (χ1n) is 7.58. The number of aliphatic hydroxyl groups excluding tert-OH is 1. The van der Waals surface area contributed by atoms with Crippen molar-refractivity contribution in [3.8, 4) is 0 Å². The highest BCUT2D eigenvalue weighted by molar-refractivity contribution is 5.73. The summed E-state index contributed by atoms with van der Waals surface area (Å²) in [4.78, 5) is 11.0. The van der Waals surface area contributed by atoms with Crippen molar-refractivity contribution in [3.63, 3.8) is 0 Å². The van der Waals surface area contributed by atoms with Crippen LogP contribution in [0.25, 0.3) is 0 Å².